The van der Waals surface area contributed by atoms with Crippen molar-refractivity contribution in [2.45, 2.75) is 27.3 Å². The second-order valence-electron chi connectivity index (χ2n) is 7.93. The first-order valence-electron chi connectivity index (χ1n) is 10.9. The van der Waals surface area contributed by atoms with E-state index in [2.05, 4.69) is 51.6 Å². The van der Waals surface area contributed by atoms with Gasteiger partial charge in [0.1, 0.15) is 5.70 Å². The maximum Gasteiger partial charge on any atom is 0.287 e. The molecule has 6 heteroatoms. The van der Waals surface area contributed by atoms with Crippen molar-refractivity contribution in [3.63, 3.8) is 0 Å². The number of aryl methyl sites for hydroxylation is 1. The third-order valence-electron chi connectivity index (χ3n) is 5.49. The monoisotopic (exact) mass is 438 g/mol. The molecule has 0 radical (unpaired) electrons. The van der Waals surface area contributed by atoms with Gasteiger partial charge in [-0.2, -0.15) is 5.10 Å². The smallest absolute Gasteiger partial charge is 0.287 e. The average molecular weight is 439 g/mol. The molecule has 1 aromatic heterocycles. The summed E-state index contributed by atoms with van der Waals surface area (Å²) in [6.45, 7) is 6.55. The number of hydrogen-bond acceptors (Lipinski definition) is 3. The van der Waals surface area contributed by atoms with Crippen LogP contribution in [0.5, 0.6) is 0 Å². The second-order valence-corrected chi connectivity index (χ2v) is 7.93. The Kier molecular flexibility index (Phi) is 6.36. The Morgan fingerprint density at radius 2 is 1.61 bits per heavy atom. The van der Waals surface area contributed by atoms with Gasteiger partial charge < -0.3 is 9.88 Å². The van der Waals surface area contributed by atoms with E-state index in [-0.39, 0.29) is 11.6 Å². The largest absolute Gasteiger partial charge is 0.341 e. The van der Waals surface area contributed by atoms with Gasteiger partial charge in [-0.3, -0.25) is 9.59 Å². The standard InChI is InChI=1S/C27H26N4O2/c1-4-31-23-13-9-8-12-21(23)22-16-19(14-15-24(22)31)17-28-30-27(33)25(18(2)3)29-26(32)20-10-6-5-7-11-20/h5-17H,4H2,1-3H3,(H,29,32)(H,30,33)/b28-17+. The lowest BCUT2D eigenvalue weighted by Gasteiger charge is -2.10. The van der Waals surface area contributed by atoms with Crippen molar-refractivity contribution in [3.05, 3.63) is 95.2 Å². The molecule has 0 spiro atoms. The van der Waals surface area contributed by atoms with Crippen LogP contribution in [0, 0.1) is 0 Å². The minimum absolute atomic E-state index is 0.183. The summed E-state index contributed by atoms with van der Waals surface area (Å²) in [6, 6.07) is 23.2. The number of allylic oxidation sites excluding steroid dienone is 1. The molecule has 0 saturated heterocycles. The van der Waals surface area contributed by atoms with E-state index >= 15 is 0 Å². The number of hydrogen-bond donors (Lipinski definition) is 2. The zero-order valence-corrected chi connectivity index (χ0v) is 18.9. The Morgan fingerprint density at radius 3 is 2.33 bits per heavy atom. The number of hydrazone groups is 1. The van der Waals surface area contributed by atoms with Crippen LogP contribution in [-0.2, 0) is 11.3 Å². The van der Waals surface area contributed by atoms with Crippen LogP contribution in [0.1, 0.15) is 36.7 Å². The lowest BCUT2D eigenvalue weighted by atomic mass is 10.1. The highest BCUT2D eigenvalue weighted by molar-refractivity contribution is 6.09. The fourth-order valence-electron chi connectivity index (χ4n) is 3.90. The minimum Gasteiger partial charge on any atom is -0.341 e. The highest BCUT2D eigenvalue weighted by Gasteiger charge is 2.15. The first-order chi connectivity index (χ1) is 16.0. The zero-order chi connectivity index (χ0) is 23.4. The van der Waals surface area contributed by atoms with Crippen molar-refractivity contribution in [2.24, 2.45) is 5.10 Å². The summed E-state index contributed by atoms with van der Waals surface area (Å²) in [5.41, 5.74) is 7.09. The molecule has 0 fully saturated rings. The van der Waals surface area contributed by atoms with Crippen LogP contribution in [0.2, 0.25) is 0 Å². The second kappa shape index (κ2) is 9.53. The molecular weight excluding hydrogens is 412 g/mol. The Morgan fingerprint density at radius 1 is 0.909 bits per heavy atom. The molecule has 166 valence electrons. The number of aromatic nitrogens is 1. The lowest BCUT2D eigenvalue weighted by molar-refractivity contribution is -0.117. The van der Waals surface area contributed by atoms with Gasteiger partial charge in [0.2, 0.25) is 0 Å². The predicted octanol–water partition coefficient (Wildman–Crippen LogP) is 4.99. The Bertz CT molecular complexity index is 1390. The Balaban J connectivity index is 1.52. The van der Waals surface area contributed by atoms with E-state index in [0.29, 0.717) is 11.1 Å². The molecule has 6 nitrogen and oxygen atoms in total. The number of benzene rings is 3. The van der Waals surface area contributed by atoms with Crippen molar-refractivity contribution in [1.29, 1.82) is 0 Å². The minimum atomic E-state index is -0.473. The van der Waals surface area contributed by atoms with E-state index in [1.807, 2.05) is 24.3 Å². The van der Waals surface area contributed by atoms with Crippen LogP contribution in [0.15, 0.2) is 89.2 Å². The SMILES string of the molecule is CCn1c2ccccc2c2cc(/C=N/NC(=O)C(NC(=O)c3ccccc3)=C(C)C)ccc21. The highest BCUT2D eigenvalue weighted by atomic mass is 16.2. The number of para-hydroxylation sites is 1. The third-order valence-corrected chi connectivity index (χ3v) is 5.49. The Labute approximate surface area is 192 Å². The summed E-state index contributed by atoms with van der Waals surface area (Å²) >= 11 is 0. The first kappa shape index (κ1) is 22.0. The number of rotatable bonds is 6. The molecular formula is C27H26N4O2. The van der Waals surface area contributed by atoms with Gasteiger partial charge in [-0.25, -0.2) is 5.43 Å². The van der Waals surface area contributed by atoms with Gasteiger partial charge in [-0.05, 0) is 62.2 Å². The van der Waals surface area contributed by atoms with Crippen LogP contribution in [-0.4, -0.2) is 22.6 Å². The van der Waals surface area contributed by atoms with Crippen LogP contribution in [0.4, 0.5) is 0 Å². The van der Waals surface area contributed by atoms with E-state index in [4.69, 9.17) is 0 Å². The predicted molar refractivity (Wildman–Crippen MR) is 133 cm³/mol. The molecule has 2 amide bonds. The van der Waals surface area contributed by atoms with Crippen LogP contribution in [0.3, 0.4) is 0 Å². The van der Waals surface area contributed by atoms with Gasteiger partial charge in [0.25, 0.3) is 11.8 Å². The van der Waals surface area contributed by atoms with Crippen LogP contribution in [0.25, 0.3) is 21.8 Å². The summed E-state index contributed by atoms with van der Waals surface area (Å²) in [6.07, 6.45) is 1.61. The molecule has 0 aliphatic heterocycles. The molecule has 0 aliphatic carbocycles. The number of carbonyl (C=O) groups excluding carboxylic acids is 2. The van der Waals surface area contributed by atoms with Gasteiger partial charge in [0.15, 0.2) is 0 Å². The molecule has 0 saturated carbocycles. The number of fused-ring (bicyclic) bond motifs is 3. The van der Waals surface area contributed by atoms with Crippen molar-refractivity contribution < 1.29 is 9.59 Å². The number of carbonyl (C=O) groups is 2. The van der Waals surface area contributed by atoms with Gasteiger partial charge in [-0.15, -0.1) is 0 Å². The van der Waals surface area contributed by atoms with E-state index in [9.17, 15) is 9.59 Å². The fourth-order valence-corrected chi connectivity index (χ4v) is 3.90. The third kappa shape index (κ3) is 4.55. The Hall–Kier alpha value is -4.19. The maximum atomic E-state index is 12.7. The van der Waals surface area contributed by atoms with Crippen molar-refractivity contribution in [2.75, 3.05) is 0 Å². The molecule has 0 aliphatic rings. The lowest BCUT2D eigenvalue weighted by Crippen LogP contribution is -2.33. The molecule has 2 N–H and O–H groups in total. The molecule has 33 heavy (non-hydrogen) atoms. The highest BCUT2D eigenvalue weighted by Crippen LogP contribution is 2.29. The topological polar surface area (TPSA) is 75.5 Å². The van der Waals surface area contributed by atoms with E-state index in [0.717, 1.165) is 23.0 Å². The summed E-state index contributed by atoms with van der Waals surface area (Å²) in [5, 5.41) is 9.13. The van der Waals surface area contributed by atoms with E-state index in [1.165, 1.54) is 10.9 Å². The van der Waals surface area contributed by atoms with Crippen LogP contribution < -0.4 is 10.7 Å². The van der Waals surface area contributed by atoms with Gasteiger partial charge in [-0.1, -0.05) is 42.5 Å². The van der Waals surface area contributed by atoms with Gasteiger partial charge >= 0.3 is 0 Å². The van der Waals surface area contributed by atoms with Crippen molar-refractivity contribution in [3.8, 4) is 0 Å². The molecule has 4 aromatic rings. The molecule has 1 heterocycles. The summed E-state index contributed by atoms with van der Waals surface area (Å²) in [5.74, 6) is -0.817. The first-order valence-corrected chi connectivity index (χ1v) is 10.9. The van der Waals surface area contributed by atoms with E-state index < -0.39 is 5.91 Å². The summed E-state index contributed by atoms with van der Waals surface area (Å²) in [4.78, 5) is 25.1. The van der Waals surface area contributed by atoms with Crippen LogP contribution >= 0.6 is 0 Å². The zero-order valence-electron chi connectivity index (χ0n) is 18.9. The molecule has 0 unspecified atom stereocenters. The van der Waals surface area contributed by atoms with Crippen molar-refractivity contribution >= 4 is 39.8 Å². The van der Waals surface area contributed by atoms with Crippen molar-refractivity contribution in [1.82, 2.24) is 15.3 Å². The van der Waals surface area contributed by atoms with E-state index in [1.54, 1.807) is 44.3 Å². The molecule has 0 atom stereocenters. The van der Waals surface area contributed by atoms with Gasteiger partial charge in [0, 0.05) is 33.9 Å². The maximum absolute atomic E-state index is 12.7. The average Bonchev–Trinajstić information content (AvgIpc) is 3.15. The summed E-state index contributed by atoms with van der Waals surface area (Å²) < 4.78 is 2.28. The number of nitrogens with one attached hydrogen (secondary N) is 2. The molecule has 0 bridgehead atoms. The molecule has 4 rings (SSSR count). The van der Waals surface area contributed by atoms with Gasteiger partial charge in [0.05, 0.1) is 6.21 Å². The quantitative estimate of drug-likeness (QED) is 0.253. The number of amides is 2. The number of nitrogens with zero attached hydrogens (tertiary/aromatic N) is 2. The fraction of sp³-hybridized carbons (Fsp3) is 0.148. The molecule has 3 aromatic carbocycles. The summed E-state index contributed by atoms with van der Waals surface area (Å²) in [7, 11) is 0. The normalized spacial score (nSPS) is 11.1.